The third-order valence-corrected chi connectivity index (χ3v) is 5.76. The lowest BCUT2D eigenvalue weighted by atomic mass is 10.1. The minimum atomic E-state index is -0.529. The highest BCUT2D eigenvalue weighted by molar-refractivity contribution is 7.99. The maximum absolute atomic E-state index is 12.7. The van der Waals surface area contributed by atoms with Crippen LogP contribution in [0.25, 0.3) is 0 Å². The Morgan fingerprint density at radius 2 is 1.60 bits per heavy atom. The SMILES string of the molecule is CC(=O)N1[C@@H](c2ccc(Cl)cc2)SC[C@H]1C(=O)Nc1ccc(Cl)cc1. The predicted octanol–water partition coefficient (Wildman–Crippen LogP) is 4.59. The number of anilines is 1. The first-order valence-corrected chi connectivity index (χ1v) is 9.48. The summed E-state index contributed by atoms with van der Waals surface area (Å²) in [5, 5.41) is 3.89. The Labute approximate surface area is 160 Å². The minimum absolute atomic E-state index is 0.138. The molecule has 0 saturated carbocycles. The lowest BCUT2D eigenvalue weighted by Crippen LogP contribution is -2.44. The van der Waals surface area contributed by atoms with Crippen molar-refractivity contribution in [3.05, 3.63) is 64.1 Å². The first-order chi connectivity index (χ1) is 12.0. The molecule has 2 atom stereocenters. The molecular weight excluding hydrogens is 379 g/mol. The topological polar surface area (TPSA) is 49.4 Å². The van der Waals surface area contributed by atoms with Crippen LogP contribution in [0.3, 0.4) is 0 Å². The molecule has 0 spiro atoms. The summed E-state index contributed by atoms with van der Waals surface area (Å²) in [6, 6.07) is 13.7. The van der Waals surface area contributed by atoms with Gasteiger partial charge in [-0.3, -0.25) is 9.59 Å². The van der Waals surface area contributed by atoms with E-state index in [1.165, 1.54) is 6.92 Å². The van der Waals surface area contributed by atoms with Crippen LogP contribution in [-0.2, 0) is 9.59 Å². The lowest BCUT2D eigenvalue weighted by molar-refractivity contribution is -0.136. The summed E-state index contributed by atoms with van der Waals surface area (Å²) >= 11 is 13.4. The zero-order chi connectivity index (χ0) is 18.0. The first-order valence-electron chi connectivity index (χ1n) is 7.68. The second kappa shape index (κ2) is 7.68. The number of carbonyl (C=O) groups is 2. The fourth-order valence-electron chi connectivity index (χ4n) is 2.74. The van der Waals surface area contributed by atoms with Gasteiger partial charge in [0.1, 0.15) is 11.4 Å². The quantitative estimate of drug-likeness (QED) is 0.827. The van der Waals surface area contributed by atoms with Crippen molar-refractivity contribution in [2.75, 3.05) is 11.1 Å². The molecule has 0 bridgehead atoms. The van der Waals surface area contributed by atoms with Gasteiger partial charge in [0, 0.05) is 28.4 Å². The maximum Gasteiger partial charge on any atom is 0.248 e. The van der Waals surface area contributed by atoms with E-state index in [0.717, 1.165) is 5.56 Å². The molecule has 130 valence electrons. The van der Waals surface area contributed by atoms with E-state index in [4.69, 9.17) is 23.2 Å². The highest BCUT2D eigenvalue weighted by Gasteiger charge is 2.40. The Balaban J connectivity index is 1.79. The average molecular weight is 395 g/mol. The third-order valence-electron chi connectivity index (χ3n) is 3.93. The zero-order valence-corrected chi connectivity index (χ0v) is 15.7. The highest BCUT2D eigenvalue weighted by atomic mass is 35.5. The normalized spacial score (nSPS) is 19.7. The Kier molecular flexibility index (Phi) is 5.57. The number of benzene rings is 2. The molecule has 0 aromatic heterocycles. The predicted molar refractivity (Wildman–Crippen MR) is 103 cm³/mol. The van der Waals surface area contributed by atoms with Gasteiger partial charge in [0.05, 0.1) is 0 Å². The Bertz CT molecular complexity index is 781. The molecule has 1 saturated heterocycles. The van der Waals surface area contributed by atoms with Crippen molar-refractivity contribution in [2.24, 2.45) is 0 Å². The van der Waals surface area contributed by atoms with E-state index in [1.54, 1.807) is 53.1 Å². The van der Waals surface area contributed by atoms with E-state index in [1.807, 2.05) is 12.1 Å². The molecule has 0 aliphatic carbocycles. The molecule has 1 aliphatic heterocycles. The monoisotopic (exact) mass is 394 g/mol. The molecule has 3 rings (SSSR count). The van der Waals surface area contributed by atoms with Crippen molar-refractivity contribution < 1.29 is 9.59 Å². The molecule has 2 aromatic rings. The second-order valence-corrected chi connectivity index (χ2v) is 7.66. The number of thioether (sulfide) groups is 1. The fourth-order valence-corrected chi connectivity index (χ4v) is 4.47. The third kappa shape index (κ3) is 4.11. The van der Waals surface area contributed by atoms with Gasteiger partial charge in [0.2, 0.25) is 11.8 Å². The molecule has 1 N–H and O–H groups in total. The molecule has 2 amide bonds. The van der Waals surface area contributed by atoms with Crippen LogP contribution in [0, 0.1) is 0 Å². The summed E-state index contributed by atoms with van der Waals surface area (Å²) in [7, 11) is 0. The number of halogens is 2. The van der Waals surface area contributed by atoms with Crippen molar-refractivity contribution in [2.45, 2.75) is 18.3 Å². The lowest BCUT2D eigenvalue weighted by Gasteiger charge is -2.28. The second-order valence-electron chi connectivity index (χ2n) is 5.68. The molecule has 25 heavy (non-hydrogen) atoms. The van der Waals surface area contributed by atoms with Crippen molar-refractivity contribution >= 4 is 52.5 Å². The van der Waals surface area contributed by atoms with Gasteiger partial charge in [0.25, 0.3) is 0 Å². The van der Waals surface area contributed by atoms with Gasteiger partial charge in [-0.25, -0.2) is 0 Å². The van der Waals surface area contributed by atoms with Crippen LogP contribution in [0.1, 0.15) is 17.9 Å². The number of hydrogen-bond acceptors (Lipinski definition) is 3. The zero-order valence-electron chi connectivity index (χ0n) is 13.4. The van der Waals surface area contributed by atoms with Crippen LogP contribution >= 0.6 is 35.0 Å². The smallest absolute Gasteiger partial charge is 0.248 e. The van der Waals surface area contributed by atoms with Gasteiger partial charge in [-0.05, 0) is 42.0 Å². The van der Waals surface area contributed by atoms with Crippen molar-refractivity contribution in [3.8, 4) is 0 Å². The standard InChI is InChI=1S/C18H16Cl2N2O2S/c1-11(23)22-16(17(24)21-15-8-6-14(20)7-9-15)10-25-18(22)12-2-4-13(19)5-3-12/h2-9,16,18H,10H2,1H3,(H,21,24)/t16-,18+/m0/s1. The summed E-state index contributed by atoms with van der Waals surface area (Å²) in [5.74, 6) is 0.189. The Hall–Kier alpha value is -1.69. The fraction of sp³-hybridized carbons (Fsp3) is 0.222. The van der Waals surface area contributed by atoms with E-state index in [-0.39, 0.29) is 17.2 Å². The number of nitrogens with zero attached hydrogens (tertiary/aromatic N) is 1. The summed E-state index contributed by atoms with van der Waals surface area (Å²) in [5.41, 5.74) is 1.60. The summed E-state index contributed by atoms with van der Waals surface area (Å²) in [6.45, 7) is 1.48. The Morgan fingerprint density at radius 1 is 1.04 bits per heavy atom. The largest absolute Gasteiger partial charge is 0.324 e. The van der Waals surface area contributed by atoms with Crippen LogP contribution in [0.2, 0.25) is 10.0 Å². The summed E-state index contributed by atoms with van der Waals surface area (Å²) < 4.78 is 0. The number of hydrogen-bond donors (Lipinski definition) is 1. The summed E-state index contributed by atoms with van der Waals surface area (Å²) in [4.78, 5) is 26.5. The van der Waals surface area contributed by atoms with Crippen molar-refractivity contribution in [1.29, 1.82) is 0 Å². The van der Waals surface area contributed by atoms with E-state index in [9.17, 15) is 9.59 Å². The van der Waals surface area contributed by atoms with Crippen LogP contribution in [0.15, 0.2) is 48.5 Å². The highest BCUT2D eigenvalue weighted by Crippen LogP contribution is 2.41. The van der Waals surface area contributed by atoms with E-state index in [2.05, 4.69) is 5.32 Å². The molecule has 7 heteroatoms. The molecular formula is C18H16Cl2N2O2S. The van der Waals surface area contributed by atoms with Crippen LogP contribution in [-0.4, -0.2) is 28.5 Å². The number of rotatable bonds is 3. The van der Waals surface area contributed by atoms with Crippen molar-refractivity contribution in [1.82, 2.24) is 4.90 Å². The van der Waals surface area contributed by atoms with Gasteiger partial charge in [-0.2, -0.15) is 0 Å². The van der Waals surface area contributed by atoms with E-state index < -0.39 is 6.04 Å². The van der Waals surface area contributed by atoms with Gasteiger partial charge >= 0.3 is 0 Å². The summed E-state index contributed by atoms with van der Waals surface area (Å²) in [6.07, 6.45) is 0. The van der Waals surface area contributed by atoms with Crippen molar-refractivity contribution in [3.63, 3.8) is 0 Å². The van der Waals surface area contributed by atoms with E-state index in [0.29, 0.717) is 21.5 Å². The molecule has 0 unspecified atom stereocenters. The molecule has 1 aliphatic rings. The van der Waals surface area contributed by atoms with Gasteiger partial charge in [-0.1, -0.05) is 35.3 Å². The molecule has 1 fully saturated rings. The molecule has 4 nitrogen and oxygen atoms in total. The number of carbonyl (C=O) groups excluding carboxylic acids is 2. The van der Waals surface area contributed by atoms with Crippen LogP contribution in [0.5, 0.6) is 0 Å². The van der Waals surface area contributed by atoms with E-state index >= 15 is 0 Å². The number of nitrogens with one attached hydrogen (secondary N) is 1. The van der Waals surface area contributed by atoms with Crippen LogP contribution < -0.4 is 5.32 Å². The molecule has 1 heterocycles. The van der Waals surface area contributed by atoms with Gasteiger partial charge in [-0.15, -0.1) is 11.8 Å². The molecule has 0 radical (unpaired) electrons. The van der Waals surface area contributed by atoms with Gasteiger partial charge in [0.15, 0.2) is 0 Å². The van der Waals surface area contributed by atoms with Crippen LogP contribution in [0.4, 0.5) is 5.69 Å². The molecule has 2 aromatic carbocycles. The Morgan fingerprint density at radius 3 is 2.16 bits per heavy atom. The minimum Gasteiger partial charge on any atom is -0.324 e. The maximum atomic E-state index is 12.7. The number of amides is 2. The van der Waals surface area contributed by atoms with Gasteiger partial charge < -0.3 is 10.2 Å². The first kappa shape index (κ1) is 18.1. The average Bonchev–Trinajstić information content (AvgIpc) is 3.03.